The number of benzene rings is 1. The smallest absolute Gasteiger partial charge is 0.321 e. The molecule has 21 heavy (non-hydrogen) atoms. The first-order valence-electron chi connectivity index (χ1n) is 6.52. The number of nitrogens with two attached hydrogens (primary N) is 1. The second-order valence-corrected chi connectivity index (χ2v) is 7.71. The Labute approximate surface area is 132 Å². The van der Waals surface area contributed by atoms with E-state index in [1.807, 2.05) is 49.6 Å². The molecule has 2 aromatic rings. The number of thiazole rings is 1. The molecule has 3 N–H and O–H groups in total. The fourth-order valence-electron chi connectivity index (χ4n) is 1.73. The molecule has 0 spiro atoms. The minimum atomic E-state index is -0.976. The lowest BCUT2D eigenvalue weighted by Gasteiger charge is -2.27. The number of hydrogen-bond donors (Lipinski definition) is 2. The minimum absolute atomic E-state index is 0.539. The Kier molecular flexibility index (Phi) is 5.03. The summed E-state index contributed by atoms with van der Waals surface area (Å²) < 4.78 is -0.539. The van der Waals surface area contributed by atoms with E-state index in [1.54, 1.807) is 11.3 Å². The first kappa shape index (κ1) is 16.0. The molecule has 1 atom stereocenters. The van der Waals surface area contributed by atoms with E-state index in [9.17, 15) is 4.79 Å². The molecule has 0 saturated carbocycles. The van der Waals surface area contributed by atoms with Crippen LogP contribution < -0.4 is 5.73 Å². The lowest BCUT2D eigenvalue weighted by molar-refractivity contribution is -0.139. The van der Waals surface area contributed by atoms with Gasteiger partial charge in [0.25, 0.3) is 0 Å². The highest BCUT2D eigenvalue weighted by Crippen LogP contribution is 2.32. The molecule has 0 saturated heterocycles. The topological polar surface area (TPSA) is 76.2 Å². The summed E-state index contributed by atoms with van der Waals surface area (Å²) in [5.41, 5.74) is 7.77. The number of aliphatic carboxylic acids is 1. The van der Waals surface area contributed by atoms with Crippen molar-refractivity contribution < 1.29 is 9.90 Å². The fraction of sp³-hybridized carbons (Fsp3) is 0.333. The van der Waals surface area contributed by atoms with Crippen molar-refractivity contribution in [1.82, 2.24) is 4.98 Å². The van der Waals surface area contributed by atoms with Gasteiger partial charge in [-0.2, -0.15) is 0 Å². The van der Waals surface area contributed by atoms with Gasteiger partial charge in [-0.1, -0.05) is 30.3 Å². The van der Waals surface area contributed by atoms with Gasteiger partial charge >= 0.3 is 5.97 Å². The van der Waals surface area contributed by atoms with Crippen molar-refractivity contribution in [2.75, 3.05) is 0 Å². The summed E-state index contributed by atoms with van der Waals surface area (Å²) in [7, 11) is 0. The number of nitrogens with zero attached hydrogens (tertiary/aromatic N) is 1. The average molecular weight is 322 g/mol. The van der Waals surface area contributed by atoms with Crippen LogP contribution in [0.3, 0.4) is 0 Å². The van der Waals surface area contributed by atoms with Gasteiger partial charge in [0, 0.05) is 21.4 Å². The lowest BCUT2D eigenvalue weighted by atomic mass is 10.1. The van der Waals surface area contributed by atoms with Crippen molar-refractivity contribution in [2.45, 2.75) is 30.4 Å². The number of aromatic nitrogens is 1. The Bertz CT molecular complexity index is 611. The van der Waals surface area contributed by atoms with Crippen molar-refractivity contribution in [3.63, 3.8) is 0 Å². The van der Waals surface area contributed by atoms with E-state index in [0.29, 0.717) is 5.75 Å². The Balaban J connectivity index is 2.02. The molecule has 1 aromatic carbocycles. The van der Waals surface area contributed by atoms with Crippen molar-refractivity contribution in [1.29, 1.82) is 0 Å². The SMILES string of the molecule is CC(C)(SCc1csc(-c2ccccc2)n1)[C@@H](N)C(=O)O. The summed E-state index contributed by atoms with van der Waals surface area (Å²) in [4.78, 5) is 15.6. The van der Waals surface area contributed by atoms with Crippen molar-refractivity contribution >= 4 is 29.1 Å². The summed E-state index contributed by atoms with van der Waals surface area (Å²) in [5, 5.41) is 12.0. The molecular formula is C15H18N2O2S2. The summed E-state index contributed by atoms with van der Waals surface area (Å²) >= 11 is 3.11. The van der Waals surface area contributed by atoms with Gasteiger partial charge in [-0.15, -0.1) is 23.1 Å². The molecule has 0 radical (unpaired) electrons. The van der Waals surface area contributed by atoms with Crippen LogP contribution in [-0.4, -0.2) is 26.8 Å². The molecule has 0 aliphatic heterocycles. The Morgan fingerprint density at radius 2 is 2.10 bits per heavy atom. The predicted molar refractivity (Wildman–Crippen MR) is 88.5 cm³/mol. The summed E-state index contributed by atoms with van der Waals surface area (Å²) in [6, 6.07) is 9.11. The number of carbonyl (C=O) groups is 1. The molecule has 112 valence electrons. The highest BCUT2D eigenvalue weighted by molar-refractivity contribution is 7.99. The van der Waals surface area contributed by atoms with Crippen LogP contribution in [0.2, 0.25) is 0 Å². The van der Waals surface area contributed by atoms with E-state index >= 15 is 0 Å². The molecular weight excluding hydrogens is 304 g/mol. The average Bonchev–Trinajstić information content (AvgIpc) is 2.94. The van der Waals surface area contributed by atoms with Crippen LogP contribution in [0.4, 0.5) is 0 Å². The van der Waals surface area contributed by atoms with Crippen LogP contribution in [0, 0.1) is 0 Å². The minimum Gasteiger partial charge on any atom is -0.480 e. The van der Waals surface area contributed by atoms with Crippen molar-refractivity contribution in [3.05, 3.63) is 41.4 Å². The molecule has 0 aliphatic carbocycles. The van der Waals surface area contributed by atoms with E-state index < -0.39 is 16.8 Å². The third kappa shape index (κ3) is 4.06. The molecule has 1 heterocycles. The van der Waals surface area contributed by atoms with Crippen LogP contribution >= 0.6 is 23.1 Å². The molecule has 2 rings (SSSR count). The highest BCUT2D eigenvalue weighted by atomic mass is 32.2. The molecule has 0 amide bonds. The fourth-order valence-corrected chi connectivity index (χ4v) is 3.61. The zero-order valence-corrected chi connectivity index (χ0v) is 13.6. The van der Waals surface area contributed by atoms with E-state index in [4.69, 9.17) is 10.8 Å². The Morgan fingerprint density at radius 1 is 1.43 bits per heavy atom. The van der Waals surface area contributed by atoms with Gasteiger partial charge in [0.2, 0.25) is 0 Å². The molecule has 0 unspecified atom stereocenters. The summed E-state index contributed by atoms with van der Waals surface area (Å²) in [5.74, 6) is -0.326. The van der Waals surface area contributed by atoms with Crippen LogP contribution in [0.1, 0.15) is 19.5 Å². The van der Waals surface area contributed by atoms with Gasteiger partial charge in [-0.25, -0.2) is 4.98 Å². The van der Waals surface area contributed by atoms with Crippen LogP contribution in [0.15, 0.2) is 35.7 Å². The van der Waals surface area contributed by atoms with Gasteiger partial charge in [-0.3, -0.25) is 4.79 Å². The second-order valence-electron chi connectivity index (χ2n) is 5.22. The van der Waals surface area contributed by atoms with Gasteiger partial charge in [0.05, 0.1) is 5.69 Å². The summed E-state index contributed by atoms with van der Waals surface area (Å²) in [6.07, 6.45) is 0. The van der Waals surface area contributed by atoms with Gasteiger partial charge in [-0.05, 0) is 13.8 Å². The monoisotopic (exact) mass is 322 g/mol. The molecule has 0 bridgehead atoms. The third-order valence-electron chi connectivity index (χ3n) is 3.18. The maximum atomic E-state index is 11.0. The zero-order chi connectivity index (χ0) is 15.5. The number of hydrogen-bond acceptors (Lipinski definition) is 5. The first-order chi connectivity index (χ1) is 9.90. The van der Waals surface area contributed by atoms with E-state index in [1.165, 1.54) is 11.8 Å². The molecule has 6 heteroatoms. The maximum Gasteiger partial charge on any atom is 0.321 e. The van der Waals surface area contributed by atoms with Crippen molar-refractivity contribution in [3.8, 4) is 10.6 Å². The molecule has 4 nitrogen and oxygen atoms in total. The molecule has 0 aliphatic rings. The predicted octanol–water partition coefficient (Wildman–Crippen LogP) is 3.23. The number of carboxylic acid groups (broad SMARTS) is 1. The van der Waals surface area contributed by atoms with Crippen molar-refractivity contribution in [2.24, 2.45) is 5.73 Å². The number of carboxylic acids is 1. The highest BCUT2D eigenvalue weighted by Gasteiger charge is 2.32. The largest absolute Gasteiger partial charge is 0.480 e. The lowest BCUT2D eigenvalue weighted by Crippen LogP contribution is -2.46. The first-order valence-corrected chi connectivity index (χ1v) is 8.39. The Hall–Kier alpha value is -1.37. The van der Waals surface area contributed by atoms with E-state index in [-0.39, 0.29) is 0 Å². The van der Waals surface area contributed by atoms with Crippen LogP contribution in [0.25, 0.3) is 10.6 Å². The zero-order valence-electron chi connectivity index (χ0n) is 11.9. The van der Waals surface area contributed by atoms with E-state index in [0.717, 1.165) is 16.3 Å². The van der Waals surface area contributed by atoms with Crippen LogP contribution in [-0.2, 0) is 10.5 Å². The molecule has 0 fully saturated rings. The van der Waals surface area contributed by atoms with Gasteiger partial charge < -0.3 is 10.8 Å². The summed E-state index contributed by atoms with van der Waals surface area (Å²) in [6.45, 7) is 3.70. The normalized spacial score (nSPS) is 13.1. The van der Waals surface area contributed by atoms with Crippen LogP contribution in [0.5, 0.6) is 0 Å². The second kappa shape index (κ2) is 6.60. The third-order valence-corrected chi connectivity index (χ3v) is 5.56. The Morgan fingerprint density at radius 3 is 2.71 bits per heavy atom. The van der Waals surface area contributed by atoms with Gasteiger partial charge in [0.15, 0.2) is 0 Å². The number of thioether (sulfide) groups is 1. The maximum absolute atomic E-state index is 11.0. The molecule has 1 aromatic heterocycles. The van der Waals surface area contributed by atoms with E-state index in [2.05, 4.69) is 4.98 Å². The quantitative estimate of drug-likeness (QED) is 0.854. The number of rotatable bonds is 6. The standard InChI is InChI=1S/C15H18N2O2S2/c1-15(2,12(16)14(18)19)21-9-11-8-20-13(17-11)10-6-4-3-5-7-10/h3-8,12H,9,16H2,1-2H3,(H,18,19)/t12-/m0/s1. The van der Waals surface area contributed by atoms with Gasteiger partial charge in [0.1, 0.15) is 11.0 Å².